The van der Waals surface area contributed by atoms with E-state index in [1.54, 1.807) is 6.08 Å². The highest BCUT2D eigenvalue weighted by atomic mass is 32.2. The Labute approximate surface area is 178 Å². The number of carbonyl (C=O) groups is 1. The van der Waals surface area contributed by atoms with Crippen molar-refractivity contribution in [3.63, 3.8) is 0 Å². The van der Waals surface area contributed by atoms with Crippen molar-refractivity contribution in [3.8, 4) is 11.3 Å². The number of aliphatic carboxylic acids is 1. The third-order valence-electron chi connectivity index (χ3n) is 4.79. The highest BCUT2D eigenvalue weighted by molar-refractivity contribution is 8.03. The molecular formula is C23H21N3O3S. The molecule has 0 aliphatic heterocycles. The number of carboxylic acid groups (broad SMARTS) is 1. The van der Waals surface area contributed by atoms with Crippen LogP contribution in [-0.2, 0) is 11.2 Å². The van der Waals surface area contributed by atoms with Crippen LogP contribution >= 0.6 is 11.8 Å². The molecule has 2 N–H and O–H groups in total. The number of H-pyrrole nitrogens is 1. The Bertz CT molecular complexity index is 1260. The summed E-state index contributed by atoms with van der Waals surface area (Å²) in [4.78, 5) is 15.6. The molecule has 0 radical (unpaired) electrons. The molecule has 0 aliphatic carbocycles. The predicted molar refractivity (Wildman–Crippen MR) is 118 cm³/mol. The van der Waals surface area contributed by atoms with E-state index in [0.717, 1.165) is 50.6 Å². The van der Waals surface area contributed by atoms with Gasteiger partial charge in [0, 0.05) is 22.9 Å². The number of nitrogens with one attached hydrogen (secondary N) is 1. The third kappa shape index (κ3) is 3.89. The number of fused-ring (bicyclic) bond motifs is 1. The van der Waals surface area contributed by atoms with Crippen molar-refractivity contribution in [1.82, 2.24) is 15.2 Å². The maximum Gasteiger partial charge on any atom is 0.342 e. The van der Waals surface area contributed by atoms with Gasteiger partial charge >= 0.3 is 5.97 Å². The van der Waals surface area contributed by atoms with Gasteiger partial charge in [-0.2, -0.15) is 0 Å². The number of thioether (sulfide) groups is 1. The fraction of sp³-hybridized carbons (Fsp3) is 0.174. The molecule has 0 saturated carbocycles. The normalized spacial score (nSPS) is 11.9. The summed E-state index contributed by atoms with van der Waals surface area (Å²) < 4.78 is 5.50. The summed E-state index contributed by atoms with van der Waals surface area (Å²) in [6.07, 6.45) is 2.28. The van der Waals surface area contributed by atoms with Crippen LogP contribution < -0.4 is 0 Å². The van der Waals surface area contributed by atoms with E-state index in [2.05, 4.69) is 27.3 Å². The zero-order chi connectivity index (χ0) is 21.3. The molecule has 2 aromatic carbocycles. The molecule has 2 heterocycles. The number of nitrogens with zero attached hydrogens (tertiary/aromatic N) is 2. The van der Waals surface area contributed by atoms with Gasteiger partial charge in [-0.05, 0) is 48.9 Å². The Morgan fingerprint density at radius 1 is 1.20 bits per heavy atom. The second-order valence-corrected chi connectivity index (χ2v) is 8.01. The smallest absolute Gasteiger partial charge is 0.342 e. The minimum atomic E-state index is -1.05. The van der Waals surface area contributed by atoms with Crippen LogP contribution in [0.1, 0.15) is 29.5 Å². The number of carboxylic acids is 1. The molecule has 7 heteroatoms. The van der Waals surface area contributed by atoms with E-state index in [0.29, 0.717) is 12.3 Å². The largest absolute Gasteiger partial charge is 0.477 e. The van der Waals surface area contributed by atoms with E-state index in [9.17, 15) is 9.90 Å². The molecule has 2 aromatic heterocycles. The molecule has 0 bridgehead atoms. The first-order valence-electron chi connectivity index (χ1n) is 9.59. The molecule has 152 valence electrons. The minimum Gasteiger partial charge on any atom is -0.477 e. The van der Waals surface area contributed by atoms with Gasteiger partial charge < -0.3 is 14.5 Å². The Morgan fingerprint density at radius 3 is 2.63 bits per heavy atom. The number of benzene rings is 2. The van der Waals surface area contributed by atoms with Crippen molar-refractivity contribution >= 4 is 34.7 Å². The lowest BCUT2D eigenvalue weighted by atomic mass is 10.0. The third-order valence-corrected chi connectivity index (χ3v) is 5.64. The van der Waals surface area contributed by atoms with Gasteiger partial charge in [-0.3, -0.25) is 0 Å². The summed E-state index contributed by atoms with van der Waals surface area (Å²) in [7, 11) is 0. The van der Waals surface area contributed by atoms with E-state index < -0.39 is 5.97 Å². The fourth-order valence-corrected chi connectivity index (χ4v) is 4.11. The van der Waals surface area contributed by atoms with E-state index in [1.807, 2.05) is 51.1 Å². The summed E-state index contributed by atoms with van der Waals surface area (Å²) in [6, 6.07) is 14.1. The topological polar surface area (TPSA) is 92.0 Å². The first-order valence-corrected chi connectivity index (χ1v) is 10.4. The van der Waals surface area contributed by atoms with Crippen molar-refractivity contribution in [3.05, 3.63) is 70.0 Å². The van der Waals surface area contributed by atoms with Gasteiger partial charge in [0.15, 0.2) is 0 Å². The first kappa shape index (κ1) is 20.0. The molecule has 6 nitrogen and oxygen atoms in total. The molecule has 30 heavy (non-hydrogen) atoms. The highest BCUT2D eigenvalue weighted by Gasteiger charge is 2.19. The fourth-order valence-electron chi connectivity index (χ4n) is 3.44. The molecule has 0 saturated heterocycles. The van der Waals surface area contributed by atoms with Crippen LogP contribution in [0.25, 0.3) is 28.2 Å². The van der Waals surface area contributed by atoms with E-state index in [1.165, 1.54) is 0 Å². The number of aromatic nitrogens is 3. The average Bonchev–Trinajstić information content (AvgIpc) is 3.33. The standard InChI is InChI=1S/C23H21N3O3S/c1-4-19-25-26-23(29-19)30-18(22(27)28)12-17-16-11-13(2)10-14(3)20(16)24-21(17)15-8-6-5-7-9-15/h5-12,24H,4H2,1-3H3,(H,27,28)/b18-12-. The van der Waals surface area contributed by atoms with E-state index >= 15 is 0 Å². The summed E-state index contributed by atoms with van der Waals surface area (Å²) in [6.45, 7) is 5.98. The van der Waals surface area contributed by atoms with Crippen molar-refractivity contribution in [2.75, 3.05) is 0 Å². The average molecular weight is 420 g/mol. The van der Waals surface area contributed by atoms with Crippen LogP contribution in [-0.4, -0.2) is 26.3 Å². The van der Waals surface area contributed by atoms with Gasteiger partial charge in [0.2, 0.25) is 5.89 Å². The van der Waals surface area contributed by atoms with Crippen LogP contribution in [0, 0.1) is 13.8 Å². The molecular weight excluding hydrogens is 398 g/mol. The monoisotopic (exact) mass is 419 g/mol. The van der Waals surface area contributed by atoms with Crippen LogP contribution in [0.5, 0.6) is 0 Å². The maximum absolute atomic E-state index is 12.0. The molecule has 0 amide bonds. The maximum atomic E-state index is 12.0. The first-order chi connectivity index (χ1) is 14.5. The number of hydrogen-bond donors (Lipinski definition) is 2. The second kappa shape index (κ2) is 8.20. The molecule has 4 aromatic rings. The Balaban J connectivity index is 1.91. The molecule has 0 unspecified atom stereocenters. The summed E-state index contributed by atoms with van der Waals surface area (Å²) in [5.41, 5.74) is 5.89. The lowest BCUT2D eigenvalue weighted by molar-refractivity contribution is -0.131. The SMILES string of the molecule is CCc1nnc(S/C(=C\c2c(-c3ccccc3)[nH]c3c(C)cc(C)cc23)C(=O)O)o1. The van der Waals surface area contributed by atoms with Gasteiger partial charge in [-0.25, -0.2) is 4.79 Å². The van der Waals surface area contributed by atoms with Crippen LogP contribution in [0.2, 0.25) is 0 Å². The molecule has 0 spiro atoms. The Morgan fingerprint density at radius 2 is 1.97 bits per heavy atom. The minimum absolute atomic E-state index is 0.110. The van der Waals surface area contributed by atoms with Crippen molar-refractivity contribution in [2.45, 2.75) is 32.4 Å². The van der Waals surface area contributed by atoms with Crippen LogP contribution in [0.3, 0.4) is 0 Å². The lowest BCUT2D eigenvalue weighted by Crippen LogP contribution is -1.97. The Hall–Kier alpha value is -3.32. The van der Waals surface area contributed by atoms with Gasteiger partial charge in [0.05, 0.1) is 5.69 Å². The lowest BCUT2D eigenvalue weighted by Gasteiger charge is -2.04. The van der Waals surface area contributed by atoms with Gasteiger partial charge in [0.1, 0.15) is 4.91 Å². The van der Waals surface area contributed by atoms with Crippen molar-refractivity contribution in [1.29, 1.82) is 0 Å². The van der Waals surface area contributed by atoms with Crippen LogP contribution in [0.15, 0.2) is 57.0 Å². The summed E-state index contributed by atoms with van der Waals surface area (Å²) in [5.74, 6) is -0.570. The molecule has 0 fully saturated rings. The van der Waals surface area contributed by atoms with Gasteiger partial charge in [-0.15, -0.1) is 10.2 Å². The summed E-state index contributed by atoms with van der Waals surface area (Å²) in [5, 5.41) is 18.9. The number of rotatable bonds is 6. The van der Waals surface area contributed by atoms with Gasteiger partial charge in [0.25, 0.3) is 5.22 Å². The highest BCUT2D eigenvalue weighted by Crippen LogP contribution is 2.36. The zero-order valence-corrected chi connectivity index (χ0v) is 17.7. The Kier molecular flexibility index (Phi) is 5.46. The quantitative estimate of drug-likeness (QED) is 0.311. The zero-order valence-electron chi connectivity index (χ0n) is 16.9. The molecule has 0 atom stereocenters. The van der Waals surface area contributed by atoms with Crippen molar-refractivity contribution in [2.24, 2.45) is 0 Å². The van der Waals surface area contributed by atoms with E-state index in [-0.39, 0.29) is 10.1 Å². The van der Waals surface area contributed by atoms with E-state index in [4.69, 9.17) is 4.42 Å². The van der Waals surface area contributed by atoms with Crippen molar-refractivity contribution < 1.29 is 14.3 Å². The van der Waals surface area contributed by atoms with Crippen LogP contribution in [0.4, 0.5) is 0 Å². The molecule has 4 rings (SSSR count). The second-order valence-electron chi connectivity index (χ2n) is 7.02. The number of aromatic amines is 1. The summed E-state index contributed by atoms with van der Waals surface area (Å²) >= 11 is 0.960. The van der Waals surface area contributed by atoms with Gasteiger partial charge in [-0.1, -0.05) is 48.9 Å². The number of aryl methyl sites for hydroxylation is 3. The number of hydrogen-bond acceptors (Lipinski definition) is 5. The predicted octanol–water partition coefficient (Wildman–Crippen LogP) is 5.61. The molecule has 0 aliphatic rings.